The summed E-state index contributed by atoms with van der Waals surface area (Å²) < 4.78 is 1.91. The van der Waals surface area contributed by atoms with E-state index < -0.39 is 0 Å². The molecule has 3 rings (SSSR count). The first-order valence-corrected chi connectivity index (χ1v) is 7.08. The van der Waals surface area contributed by atoms with Crippen LogP contribution in [0.2, 0.25) is 0 Å². The number of hydrogen-bond acceptors (Lipinski definition) is 2. The van der Waals surface area contributed by atoms with Crippen LogP contribution in [-0.2, 0) is 0 Å². The van der Waals surface area contributed by atoms with Crippen molar-refractivity contribution < 1.29 is 0 Å². The fourth-order valence-corrected chi connectivity index (χ4v) is 2.64. The number of anilines is 1. The molecule has 0 saturated carbocycles. The van der Waals surface area contributed by atoms with E-state index in [2.05, 4.69) is 48.4 Å². The third kappa shape index (κ3) is 2.42. The Balaban J connectivity index is 2.21. The van der Waals surface area contributed by atoms with Crippen molar-refractivity contribution in [3.05, 3.63) is 83.0 Å². The number of benzene rings is 2. The summed E-state index contributed by atoms with van der Waals surface area (Å²) in [5.74, 6) is 0.715. The second-order valence-electron chi connectivity index (χ2n) is 5.33. The molecule has 1 heterocycles. The molecule has 2 aromatic carbocycles. The molecule has 0 aliphatic rings. The predicted molar refractivity (Wildman–Crippen MR) is 86.2 cm³/mol. The van der Waals surface area contributed by atoms with Crippen LogP contribution in [0, 0.1) is 13.8 Å². The van der Waals surface area contributed by atoms with E-state index in [9.17, 15) is 0 Å². The maximum absolute atomic E-state index is 6.23. The Hall–Kier alpha value is -2.55. The summed E-state index contributed by atoms with van der Waals surface area (Å²) in [6, 6.07) is 18.7. The Morgan fingerprint density at radius 1 is 0.905 bits per heavy atom. The second kappa shape index (κ2) is 5.44. The molecule has 3 nitrogen and oxygen atoms in total. The molecular weight excluding hydrogens is 258 g/mol. The molecule has 3 aromatic rings. The highest BCUT2D eigenvalue weighted by Crippen LogP contribution is 2.31. The third-order valence-corrected chi connectivity index (χ3v) is 3.87. The second-order valence-corrected chi connectivity index (χ2v) is 5.33. The third-order valence-electron chi connectivity index (χ3n) is 3.87. The molecule has 0 amide bonds. The van der Waals surface area contributed by atoms with Gasteiger partial charge in [-0.1, -0.05) is 54.6 Å². The van der Waals surface area contributed by atoms with Crippen molar-refractivity contribution >= 4 is 5.82 Å². The zero-order valence-corrected chi connectivity index (χ0v) is 12.3. The summed E-state index contributed by atoms with van der Waals surface area (Å²) in [5, 5.41) is 4.50. The normalized spacial score (nSPS) is 12.3. The van der Waals surface area contributed by atoms with Crippen molar-refractivity contribution in [2.45, 2.75) is 19.9 Å². The largest absolute Gasteiger partial charge is 0.384 e. The maximum atomic E-state index is 6.23. The quantitative estimate of drug-likeness (QED) is 0.793. The molecule has 0 spiro atoms. The SMILES string of the molecule is Cc1ccccc1C(c1ccccc1)n1ncc(C)c1N. The van der Waals surface area contributed by atoms with Gasteiger partial charge in [0.05, 0.1) is 6.20 Å². The van der Waals surface area contributed by atoms with Gasteiger partial charge in [-0.3, -0.25) is 0 Å². The summed E-state index contributed by atoms with van der Waals surface area (Å²) in [5.41, 5.74) is 10.9. The first-order valence-electron chi connectivity index (χ1n) is 7.08. The monoisotopic (exact) mass is 277 g/mol. The molecule has 21 heavy (non-hydrogen) atoms. The highest BCUT2D eigenvalue weighted by Gasteiger charge is 2.21. The Morgan fingerprint density at radius 3 is 2.19 bits per heavy atom. The van der Waals surface area contributed by atoms with E-state index in [0.717, 1.165) is 5.56 Å². The van der Waals surface area contributed by atoms with Gasteiger partial charge in [-0.15, -0.1) is 0 Å². The van der Waals surface area contributed by atoms with Crippen LogP contribution in [0.4, 0.5) is 5.82 Å². The van der Waals surface area contributed by atoms with Gasteiger partial charge in [0.15, 0.2) is 0 Å². The van der Waals surface area contributed by atoms with Crippen LogP contribution >= 0.6 is 0 Å². The molecular formula is C18H19N3. The Morgan fingerprint density at radius 2 is 1.57 bits per heavy atom. The fraction of sp³-hybridized carbons (Fsp3) is 0.167. The maximum Gasteiger partial charge on any atom is 0.125 e. The van der Waals surface area contributed by atoms with Crippen LogP contribution in [0.15, 0.2) is 60.8 Å². The van der Waals surface area contributed by atoms with E-state index in [1.165, 1.54) is 16.7 Å². The van der Waals surface area contributed by atoms with Gasteiger partial charge in [0.1, 0.15) is 11.9 Å². The number of nitrogens with two attached hydrogens (primary N) is 1. The zero-order valence-electron chi connectivity index (χ0n) is 12.3. The van der Waals surface area contributed by atoms with Crippen molar-refractivity contribution in [3.8, 4) is 0 Å². The predicted octanol–water partition coefficient (Wildman–Crippen LogP) is 3.72. The Labute approximate surface area is 125 Å². The van der Waals surface area contributed by atoms with Crippen LogP contribution in [0.3, 0.4) is 0 Å². The van der Waals surface area contributed by atoms with Gasteiger partial charge < -0.3 is 5.73 Å². The Bertz CT molecular complexity index is 744. The number of hydrogen-bond donors (Lipinski definition) is 1. The van der Waals surface area contributed by atoms with E-state index in [1.54, 1.807) is 0 Å². The molecule has 0 bridgehead atoms. The van der Waals surface area contributed by atoms with Gasteiger partial charge in [-0.25, -0.2) is 4.68 Å². The molecule has 2 N–H and O–H groups in total. The zero-order chi connectivity index (χ0) is 14.8. The van der Waals surface area contributed by atoms with Crippen LogP contribution in [-0.4, -0.2) is 9.78 Å². The lowest BCUT2D eigenvalue weighted by Gasteiger charge is -2.22. The summed E-state index contributed by atoms with van der Waals surface area (Å²) in [6.07, 6.45) is 1.82. The van der Waals surface area contributed by atoms with Gasteiger partial charge in [-0.2, -0.15) is 5.10 Å². The van der Waals surface area contributed by atoms with Gasteiger partial charge >= 0.3 is 0 Å². The van der Waals surface area contributed by atoms with Gasteiger partial charge in [0.2, 0.25) is 0 Å². The van der Waals surface area contributed by atoms with E-state index in [1.807, 2.05) is 36.0 Å². The van der Waals surface area contributed by atoms with Crippen molar-refractivity contribution in [2.75, 3.05) is 5.73 Å². The molecule has 3 heteroatoms. The summed E-state index contributed by atoms with van der Waals surface area (Å²) in [6.45, 7) is 4.11. The number of nitrogen functional groups attached to an aromatic ring is 1. The fourth-order valence-electron chi connectivity index (χ4n) is 2.64. The van der Waals surface area contributed by atoms with Gasteiger partial charge in [-0.05, 0) is 30.5 Å². The van der Waals surface area contributed by atoms with Crippen LogP contribution in [0.5, 0.6) is 0 Å². The van der Waals surface area contributed by atoms with E-state index in [0.29, 0.717) is 5.82 Å². The number of aromatic nitrogens is 2. The van der Waals surface area contributed by atoms with Gasteiger partial charge in [0.25, 0.3) is 0 Å². The standard InChI is InChI=1S/C18H19N3/c1-13-8-6-7-11-16(13)17(15-9-4-3-5-10-15)21-18(19)14(2)12-20-21/h3-12,17H,19H2,1-2H3. The average Bonchev–Trinajstić information content (AvgIpc) is 2.83. The molecule has 1 unspecified atom stereocenters. The van der Waals surface area contributed by atoms with Crippen molar-refractivity contribution in [3.63, 3.8) is 0 Å². The van der Waals surface area contributed by atoms with Crippen molar-refractivity contribution in [1.29, 1.82) is 0 Å². The van der Waals surface area contributed by atoms with Crippen molar-refractivity contribution in [2.24, 2.45) is 0 Å². The Kier molecular flexibility index (Phi) is 3.48. The molecule has 0 saturated heterocycles. The molecule has 1 atom stereocenters. The summed E-state index contributed by atoms with van der Waals surface area (Å²) in [7, 11) is 0. The van der Waals surface area contributed by atoms with Crippen LogP contribution in [0.1, 0.15) is 28.3 Å². The molecule has 0 aliphatic heterocycles. The smallest absolute Gasteiger partial charge is 0.125 e. The van der Waals surface area contributed by atoms with Crippen LogP contribution < -0.4 is 5.73 Å². The lowest BCUT2D eigenvalue weighted by molar-refractivity contribution is 0.602. The lowest BCUT2D eigenvalue weighted by atomic mass is 9.95. The number of rotatable bonds is 3. The molecule has 1 aromatic heterocycles. The molecule has 0 radical (unpaired) electrons. The minimum absolute atomic E-state index is 0.00102. The molecule has 0 fully saturated rings. The van der Waals surface area contributed by atoms with E-state index >= 15 is 0 Å². The van der Waals surface area contributed by atoms with Gasteiger partial charge in [0, 0.05) is 5.56 Å². The van der Waals surface area contributed by atoms with Crippen molar-refractivity contribution in [1.82, 2.24) is 9.78 Å². The number of aryl methyl sites for hydroxylation is 2. The molecule has 0 aliphatic carbocycles. The average molecular weight is 277 g/mol. The molecule has 106 valence electrons. The summed E-state index contributed by atoms with van der Waals surface area (Å²) in [4.78, 5) is 0. The minimum Gasteiger partial charge on any atom is -0.384 e. The first kappa shape index (κ1) is 13.4. The lowest BCUT2D eigenvalue weighted by Crippen LogP contribution is -2.17. The first-order chi connectivity index (χ1) is 10.2. The van der Waals surface area contributed by atoms with E-state index in [-0.39, 0.29) is 6.04 Å². The summed E-state index contributed by atoms with van der Waals surface area (Å²) >= 11 is 0. The topological polar surface area (TPSA) is 43.8 Å². The minimum atomic E-state index is 0.00102. The van der Waals surface area contributed by atoms with E-state index in [4.69, 9.17) is 5.73 Å². The van der Waals surface area contributed by atoms with Crippen LogP contribution in [0.25, 0.3) is 0 Å². The number of nitrogens with zero attached hydrogens (tertiary/aromatic N) is 2. The highest BCUT2D eigenvalue weighted by molar-refractivity contribution is 5.44. The highest BCUT2D eigenvalue weighted by atomic mass is 15.3.